The zero-order valence-electron chi connectivity index (χ0n) is 14.9. The summed E-state index contributed by atoms with van der Waals surface area (Å²) in [6.07, 6.45) is 3.44. The lowest BCUT2D eigenvalue weighted by atomic mass is 10.0. The predicted molar refractivity (Wildman–Crippen MR) is 105 cm³/mol. The highest BCUT2D eigenvalue weighted by Crippen LogP contribution is 2.21. The van der Waals surface area contributed by atoms with Crippen molar-refractivity contribution in [2.75, 3.05) is 0 Å². The number of nitrogens with one attached hydrogen (secondary N) is 2. The van der Waals surface area contributed by atoms with E-state index in [-0.39, 0.29) is 18.1 Å². The molecule has 0 radical (unpaired) electrons. The maximum absolute atomic E-state index is 12.3. The minimum absolute atomic E-state index is 0.109. The van der Waals surface area contributed by atoms with E-state index in [4.69, 9.17) is 4.42 Å². The standard InChI is InChI=1S/C22H17N3O3/c26-21(14-17-6-3-5-15-4-1-2-7-18(15)17)24-25-22(27)20-9-8-19(28-20)16-10-12-23-13-11-16/h1-13H,14H2,(H,24,26)(H,25,27). The summed E-state index contributed by atoms with van der Waals surface area (Å²) in [7, 11) is 0. The van der Waals surface area contributed by atoms with Crippen LogP contribution in [0.1, 0.15) is 16.1 Å². The molecule has 2 N–H and O–H groups in total. The van der Waals surface area contributed by atoms with E-state index in [1.54, 1.807) is 36.7 Å². The predicted octanol–water partition coefficient (Wildman–Crippen LogP) is 3.50. The second-order valence-electron chi connectivity index (χ2n) is 6.22. The molecule has 0 bridgehead atoms. The summed E-state index contributed by atoms with van der Waals surface area (Å²) >= 11 is 0. The van der Waals surface area contributed by atoms with Crippen LogP contribution in [0.4, 0.5) is 0 Å². The lowest BCUT2D eigenvalue weighted by Crippen LogP contribution is -2.42. The third-order valence-corrected chi connectivity index (χ3v) is 4.34. The molecule has 2 amide bonds. The fourth-order valence-corrected chi connectivity index (χ4v) is 2.98. The summed E-state index contributed by atoms with van der Waals surface area (Å²) in [5.41, 5.74) is 6.53. The molecule has 0 atom stereocenters. The van der Waals surface area contributed by atoms with Gasteiger partial charge in [-0.05, 0) is 40.6 Å². The molecule has 4 aromatic rings. The van der Waals surface area contributed by atoms with Crippen LogP contribution in [0.25, 0.3) is 22.1 Å². The molecular weight excluding hydrogens is 354 g/mol. The Morgan fingerprint density at radius 2 is 1.64 bits per heavy atom. The minimum atomic E-state index is -0.522. The molecule has 0 aliphatic carbocycles. The van der Waals surface area contributed by atoms with Gasteiger partial charge in [-0.25, -0.2) is 0 Å². The lowest BCUT2D eigenvalue weighted by Gasteiger charge is -2.08. The van der Waals surface area contributed by atoms with Gasteiger partial charge in [-0.1, -0.05) is 42.5 Å². The van der Waals surface area contributed by atoms with E-state index in [0.717, 1.165) is 21.9 Å². The number of carbonyl (C=O) groups is 2. The first kappa shape index (κ1) is 17.5. The Bertz CT molecular complexity index is 1130. The first-order chi connectivity index (χ1) is 13.7. The van der Waals surface area contributed by atoms with Crippen LogP contribution >= 0.6 is 0 Å². The lowest BCUT2D eigenvalue weighted by molar-refractivity contribution is -0.121. The summed E-state index contributed by atoms with van der Waals surface area (Å²) < 4.78 is 5.55. The van der Waals surface area contributed by atoms with Gasteiger partial charge in [0.15, 0.2) is 5.76 Å². The van der Waals surface area contributed by atoms with Crippen molar-refractivity contribution in [2.45, 2.75) is 6.42 Å². The zero-order valence-corrected chi connectivity index (χ0v) is 14.9. The second kappa shape index (κ2) is 7.75. The molecule has 0 aliphatic rings. The van der Waals surface area contributed by atoms with Gasteiger partial charge in [-0.15, -0.1) is 0 Å². The SMILES string of the molecule is O=C(Cc1cccc2ccccc12)NNC(=O)c1ccc(-c2ccncc2)o1. The molecular formula is C22H17N3O3. The van der Waals surface area contributed by atoms with Crippen molar-refractivity contribution < 1.29 is 14.0 Å². The molecule has 2 heterocycles. The number of benzene rings is 2. The molecule has 2 aromatic heterocycles. The van der Waals surface area contributed by atoms with E-state index >= 15 is 0 Å². The van der Waals surface area contributed by atoms with Gasteiger partial charge in [-0.2, -0.15) is 0 Å². The van der Waals surface area contributed by atoms with Crippen LogP contribution in [0.2, 0.25) is 0 Å². The Labute approximate surface area is 161 Å². The Morgan fingerprint density at radius 1 is 0.857 bits per heavy atom. The summed E-state index contributed by atoms with van der Waals surface area (Å²) in [6, 6.07) is 20.5. The molecule has 0 aliphatic heterocycles. The summed E-state index contributed by atoms with van der Waals surface area (Å²) in [5.74, 6) is -0.177. The highest BCUT2D eigenvalue weighted by Gasteiger charge is 2.14. The topological polar surface area (TPSA) is 84.2 Å². The summed E-state index contributed by atoms with van der Waals surface area (Å²) in [6.45, 7) is 0. The Morgan fingerprint density at radius 3 is 2.50 bits per heavy atom. The van der Waals surface area contributed by atoms with Crippen LogP contribution in [0.5, 0.6) is 0 Å². The van der Waals surface area contributed by atoms with E-state index in [1.807, 2.05) is 42.5 Å². The van der Waals surface area contributed by atoms with Crippen LogP contribution in [0.3, 0.4) is 0 Å². The van der Waals surface area contributed by atoms with Crippen molar-refractivity contribution in [1.82, 2.24) is 15.8 Å². The van der Waals surface area contributed by atoms with E-state index in [0.29, 0.717) is 5.76 Å². The summed E-state index contributed by atoms with van der Waals surface area (Å²) in [4.78, 5) is 28.4. The quantitative estimate of drug-likeness (QED) is 0.538. The second-order valence-corrected chi connectivity index (χ2v) is 6.22. The number of rotatable bonds is 4. The molecule has 6 nitrogen and oxygen atoms in total. The highest BCUT2D eigenvalue weighted by molar-refractivity contribution is 5.94. The number of aromatic nitrogens is 1. The van der Waals surface area contributed by atoms with Gasteiger partial charge >= 0.3 is 5.91 Å². The average Bonchev–Trinajstić information content (AvgIpc) is 3.23. The normalized spacial score (nSPS) is 10.6. The van der Waals surface area contributed by atoms with Crippen LogP contribution in [-0.4, -0.2) is 16.8 Å². The van der Waals surface area contributed by atoms with Crippen LogP contribution in [0, 0.1) is 0 Å². The first-order valence-electron chi connectivity index (χ1n) is 8.77. The molecule has 4 rings (SSSR count). The van der Waals surface area contributed by atoms with Gasteiger partial charge in [-0.3, -0.25) is 25.4 Å². The maximum Gasteiger partial charge on any atom is 0.305 e. The minimum Gasteiger partial charge on any atom is -0.451 e. The Balaban J connectivity index is 1.38. The van der Waals surface area contributed by atoms with Gasteiger partial charge < -0.3 is 4.42 Å². The zero-order chi connectivity index (χ0) is 19.3. The molecule has 0 saturated carbocycles. The number of hydrazine groups is 1. The van der Waals surface area contributed by atoms with Crippen LogP contribution < -0.4 is 10.9 Å². The molecule has 0 saturated heterocycles. The van der Waals surface area contributed by atoms with Crippen LogP contribution in [0.15, 0.2) is 83.5 Å². The molecule has 0 unspecified atom stereocenters. The van der Waals surface area contributed by atoms with Gasteiger partial charge in [0.05, 0.1) is 6.42 Å². The number of pyridine rings is 1. The Kier molecular flexibility index (Phi) is 4.84. The number of nitrogens with zero attached hydrogens (tertiary/aromatic N) is 1. The smallest absolute Gasteiger partial charge is 0.305 e. The number of fused-ring (bicyclic) bond motifs is 1. The molecule has 138 valence electrons. The van der Waals surface area contributed by atoms with Gasteiger partial charge in [0, 0.05) is 18.0 Å². The van der Waals surface area contributed by atoms with Crippen molar-refractivity contribution in [2.24, 2.45) is 0 Å². The fourth-order valence-electron chi connectivity index (χ4n) is 2.98. The number of amides is 2. The van der Waals surface area contributed by atoms with Crippen LogP contribution in [-0.2, 0) is 11.2 Å². The number of furan rings is 1. The van der Waals surface area contributed by atoms with Gasteiger partial charge in [0.2, 0.25) is 5.91 Å². The Hall–Kier alpha value is -3.93. The molecule has 2 aromatic carbocycles. The number of hydrogen-bond acceptors (Lipinski definition) is 4. The molecule has 0 fully saturated rings. The number of hydrogen-bond donors (Lipinski definition) is 2. The molecule has 0 spiro atoms. The van der Waals surface area contributed by atoms with Gasteiger partial charge in [0.25, 0.3) is 0 Å². The fraction of sp³-hybridized carbons (Fsp3) is 0.0455. The van der Waals surface area contributed by atoms with E-state index < -0.39 is 5.91 Å². The largest absolute Gasteiger partial charge is 0.451 e. The van der Waals surface area contributed by atoms with Crippen molar-refractivity contribution in [3.8, 4) is 11.3 Å². The maximum atomic E-state index is 12.3. The summed E-state index contributed by atoms with van der Waals surface area (Å²) in [5, 5.41) is 2.08. The average molecular weight is 371 g/mol. The van der Waals surface area contributed by atoms with Gasteiger partial charge in [0.1, 0.15) is 5.76 Å². The van der Waals surface area contributed by atoms with E-state index in [9.17, 15) is 9.59 Å². The first-order valence-corrected chi connectivity index (χ1v) is 8.77. The van der Waals surface area contributed by atoms with Crippen molar-refractivity contribution >= 4 is 22.6 Å². The monoisotopic (exact) mass is 371 g/mol. The highest BCUT2D eigenvalue weighted by atomic mass is 16.4. The molecule has 28 heavy (non-hydrogen) atoms. The third kappa shape index (κ3) is 3.76. The van der Waals surface area contributed by atoms with Crippen molar-refractivity contribution in [3.05, 3.63) is 90.4 Å². The molecule has 6 heteroatoms. The van der Waals surface area contributed by atoms with E-state index in [2.05, 4.69) is 15.8 Å². The number of carbonyl (C=O) groups excluding carboxylic acids is 2. The van der Waals surface area contributed by atoms with E-state index in [1.165, 1.54) is 0 Å². The van der Waals surface area contributed by atoms with Crippen molar-refractivity contribution in [1.29, 1.82) is 0 Å². The third-order valence-electron chi connectivity index (χ3n) is 4.34. The van der Waals surface area contributed by atoms with Crippen molar-refractivity contribution in [3.63, 3.8) is 0 Å².